The number of hydrogen-bond acceptors (Lipinski definition) is 6. The highest BCUT2D eigenvalue weighted by molar-refractivity contribution is 5.94. The van der Waals surface area contributed by atoms with E-state index >= 15 is 0 Å². The molecule has 3 aromatic heterocycles. The topological polar surface area (TPSA) is 84.8 Å². The van der Waals surface area contributed by atoms with Crippen LogP contribution in [0, 0.1) is 5.92 Å². The molecule has 11 heteroatoms. The van der Waals surface area contributed by atoms with Crippen molar-refractivity contribution in [3.63, 3.8) is 0 Å². The van der Waals surface area contributed by atoms with Gasteiger partial charge in [0, 0.05) is 36.4 Å². The minimum absolute atomic E-state index is 0.279. The van der Waals surface area contributed by atoms with Crippen LogP contribution in [0.15, 0.2) is 36.7 Å². The molecular weight excluding hydrogens is 507 g/mol. The lowest BCUT2D eigenvalue weighted by Gasteiger charge is -2.41. The zero-order valence-corrected chi connectivity index (χ0v) is 22.3. The predicted molar refractivity (Wildman–Crippen MR) is 140 cm³/mol. The largest absolute Gasteiger partial charge is 0.433 e. The maximum atomic E-state index is 14.1. The number of rotatable bonds is 6. The van der Waals surface area contributed by atoms with E-state index in [1.54, 1.807) is 6.33 Å². The number of halogens is 3. The summed E-state index contributed by atoms with van der Waals surface area (Å²) < 4.78 is 49.7. The molecule has 206 valence electrons. The number of aryl methyl sites for hydroxylation is 1. The summed E-state index contributed by atoms with van der Waals surface area (Å²) in [5, 5.41) is 16.2. The number of nitrogens with zero attached hydrogens (tertiary/aromatic N) is 6. The second-order valence-corrected chi connectivity index (χ2v) is 11.2. The lowest BCUT2D eigenvalue weighted by molar-refractivity contribution is -0.141. The van der Waals surface area contributed by atoms with Crippen LogP contribution >= 0.6 is 0 Å². The number of likely N-dealkylation sites (tertiary alicyclic amines) is 1. The summed E-state index contributed by atoms with van der Waals surface area (Å²) in [6, 6.07) is 8.70. The fraction of sp³-hybridized carbons (Fsp3) is 0.500. The van der Waals surface area contributed by atoms with Crippen molar-refractivity contribution in [1.82, 2.24) is 34.8 Å². The summed E-state index contributed by atoms with van der Waals surface area (Å²) >= 11 is 0. The van der Waals surface area contributed by atoms with Crippen LogP contribution in [0.4, 0.5) is 13.2 Å². The van der Waals surface area contributed by atoms with Crippen LogP contribution in [-0.4, -0.2) is 61.1 Å². The van der Waals surface area contributed by atoms with Crippen LogP contribution in [0.2, 0.25) is 0 Å². The SMILES string of the molecule is C[C@@H]1CCCN([C@@H](C)c2nc(C(F)(F)F)cc3c(-c4cccc(C5(Cc6nncn6C)COC5)c4)n[nH]c23)C1. The summed E-state index contributed by atoms with van der Waals surface area (Å²) in [7, 11) is 1.91. The molecule has 4 aromatic rings. The first-order valence-corrected chi connectivity index (χ1v) is 13.4. The van der Waals surface area contributed by atoms with E-state index in [2.05, 4.69) is 37.2 Å². The molecular formula is C28H32F3N7O. The highest BCUT2D eigenvalue weighted by atomic mass is 19.4. The van der Waals surface area contributed by atoms with E-state index in [4.69, 9.17) is 4.74 Å². The van der Waals surface area contributed by atoms with Crippen LogP contribution in [0.25, 0.3) is 22.2 Å². The number of H-pyrrole nitrogens is 1. The fourth-order valence-electron chi connectivity index (χ4n) is 5.94. The van der Waals surface area contributed by atoms with Crippen molar-refractivity contribution in [2.75, 3.05) is 26.3 Å². The Morgan fingerprint density at radius 1 is 1.23 bits per heavy atom. The second-order valence-electron chi connectivity index (χ2n) is 11.2. The van der Waals surface area contributed by atoms with Gasteiger partial charge in [0.1, 0.15) is 23.5 Å². The van der Waals surface area contributed by atoms with E-state index in [0.717, 1.165) is 48.9 Å². The third-order valence-corrected chi connectivity index (χ3v) is 8.31. The van der Waals surface area contributed by atoms with Crippen molar-refractivity contribution in [3.8, 4) is 11.3 Å². The van der Waals surface area contributed by atoms with Gasteiger partial charge in [0.15, 0.2) is 0 Å². The molecule has 2 fully saturated rings. The average Bonchev–Trinajstić information content (AvgIpc) is 3.50. The van der Waals surface area contributed by atoms with E-state index in [-0.39, 0.29) is 11.5 Å². The van der Waals surface area contributed by atoms with E-state index in [0.29, 0.717) is 47.8 Å². The number of hydrogen-bond donors (Lipinski definition) is 1. The average molecular weight is 540 g/mol. The summed E-state index contributed by atoms with van der Waals surface area (Å²) in [4.78, 5) is 6.37. The number of piperidine rings is 1. The van der Waals surface area contributed by atoms with E-state index in [1.807, 2.05) is 42.8 Å². The van der Waals surface area contributed by atoms with Gasteiger partial charge in [-0.1, -0.05) is 25.1 Å². The van der Waals surface area contributed by atoms with Gasteiger partial charge in [-0.25, -0.2) is 4.98 Å². The van der Waals surface area contributed by atoms with Crippen molar-refractivity contribution >= 4 is 10.9 Å². The molecule has 0 bridgehead atoms. The van der Waals surface area contributed by atoms with Gasteiger partial charge in [-0.3, -0.25) is 10.00 Å². The Hall–Kier alpha value is -3.31. The zero-order valence-electron chi connectivity index (χ0n) is 22.3. The number of fused-ring (bicyclic) bond motifs is 1. The van der Waals surface area contributed by atoms with Crippen LogP contribution in [0.5, 0.6) is 0 Å². The summed E-state index contributed by atoms with van der Waals surface area (Å²) in [6.45, 7) is 6.85. The molecule has 1 aromatic carbocycles. The molecule has 39 heavy (non-hydrogen) atoms. The zero-order chi connectivity index (χ0) is 27.4. The molecule has 5 heterocycles. The highest BCUT2D eigenvalue weighted by Crippen LogP contribution is 2.40. The number of pyridine rings is 1. The van der Waals surface area contributed by atoms with E-state index in [1.165, 1.54) is 0 Å². The number of alkyl halides is 3. The molecule has 0 spiro atoms. The standard InChI is InChI=1S/C28H32F3N7O/c1-17-6-5-9-38(13-17)18(2)24-26-21(11-22(33-24)28(29,30)31)25(35-36-26)19-7-4-8-20(10-19)27(14-39-15-27)12-23-34-32-16-37(23)3/h4,7-8,10-11,16-18H,5-6,9,12-15H2,1-3H3,(H,35,36)/t17-,18+/m1/s1. The van der Waals surface area contributed by atoms with Crippen molar-refractivity contribution in [3.05, 3.63) is 59.4 Å². The summed E-state index contributed by atoms with van der Waals surface area (Å²) in [5.74, 6) is 1.34. The first kappa shape index (κ1) is 25.9. The molecule has 2 aliphatic rings. The van der Waals surface area contributed by atoms with Crippen LogP contribution < -0.4 is 0 Å². The quantitative estimate of drug-likeness (QED) is 0.368. The molecule has 1 N–H and O–H groups in total. The first-order chi connectivity index (χ1) is 18.6. The van der Waals surface area contributed by atoms with Crippen LogP contribution in [-0.2, 0) is 29.8 Å². The number of ether oxygens (including phenoxy) is 1. The predicted octanol–water partition coefficient (Wildman–Crippen LogP) is 5.08. The lowest BCUT2D eigenvalue weighted by atomic mass is 9.75. The Bertz CT molecular complexity index is 1490. The highest BCUT2D eigenvalue weighted by Gasteiger charge is 2.42. The molecule has 0 amide bonds. The van der Waals surface area contributed by atoms with Crippen molar-refractivity contribution in [2.45, 2.75) is 50.7 Å². The Morgan fingerprint density at radius 2 is 2.05 bits per heavy atom. The number of aromatic amines is 1. The van der Waals surface area contributed by atoms with Crippen molar-refractivity contribution < 1.29 is 17.9 Å². The molecule has 2 atom stereocenters. The first-order valence-electron chi connectivity index (χ1n) is 13.4. The maximum absolute atomic E-state index is 14.1. The van der Waals surface area contributed by atoms with Gasteiger partial charge in [0.2, 0.25) is 0 Å². The van der Waals surface area contributed by atoms with Gasteiger partial charge < -0.3 is 9.30 Å². The molecule has 2 saturated heterocycles. The van der Waals surface area contributed by atoms with Gasteiger partial charge in [-0.2, -0.15) is 18.3 Å². The minimum Gasteiger partial charge on any atom is -0.379 e. The van der Waals surface area contributed by atoms with Gasteiger partial charge in [0.25, 0.3) is 0 Å². The van der Waals surface area contributed by atoms with Gasteiger partial charge in [0.05, 0.1) is 30.5 Å². The number of benzene rings is 1. The van der Waals surface area contributed by atoms with E-state index < -0.39 is 11.9 Å². The molecule has 6 rings (SSSR count). The molecule has 0 radical (unpaired) electrons. The lowest BCUT2D eigenvalue weighted by Crippen LogP contribution is -2.49. The Kier molecular flexibility index (Phi) is 6.46. The van der Waals surface area contributed by atoms with Gasteiger partial charge in [-0.05, 0) is 49.9 Å². The monoisotopic (exact) mass is 539 g/mol. The maximum Gasteiger partial charge on any atom is 0.433 e. The molecule has 0 saturated carbocycles. The van der Waals surface area contributed by atoms with Crippen LogP contribution in [0.3, 0.4) is 0 Å². The fourth-order valence-corrected chi connectivity index (χ4v) is 5.94. The third kappa shape index (κ3) is 4.71. The minimum atomic E-state index is -4.57. The third-order valence-electron chi connectivity index (χ3n) is 8.31. The molecule has 2 aliphatic heterocycles. The normalized spacial score (nSPS) is 20.7. The summed E-state index contributed by atoms with van der Waals surface area (Å²) in [6.07, 6.45) is -0.106. The summed E-state index contributed by atoms with van der Waals surface area (Å²) in [5.41, 5.74) is 2.01. The number of aromatic nitrogens is 6. The molecule has 0 aliphatic carbocycles. The Balaban J connectivity index is 1.42. The van der Waals surface area contributed by atoms with Crippen molar-refractivity contribution in [1.29, 1.82) is 0 Å². The smallest absolute Gasteiger partial charge is 0.379 e. The van der Waals surface area contributed by atoms with Gasteiger partial charge in [-0.15, -0.1) is 10.2 Å². The number of nitrogens with one attached hydrogen (secondary N) is 1. The Labute approximate surface area is 224 Å². The second kappa shape index (κ2) is 9.71. The van der Waals surface area contributed by atoms with E-state index in [9.17, 15) is 13.2 Å². The molecule has 8 nitrogen and oxygen atoms in total. The van der Waals surface area contributed by atoms with Crippen LogP contribution in [0.1, 0.15) is 55.5 Å². The Morgan fingerprint density at radius 3 is 2.72 bits per heavy atom. The molecule has 0 unspecified atom stereocenters. The van der Waals surface area contributed by atoms with Gasteiger partial charge >= 0.3 is 6.18 Å². The van der Waals surface area contributed by atoms with Crippen molar-refractivity contribution in [2.24, 2.45) is 13.0 Å².